The smallest absolute Gasteiger partial charge is 0.0524 e. The molecule has 1 aliphatic rings. The van der Waals surface area contributed by atoms with Gasteiger partial charge in [-0.1, -0.05) is 19.3 Å². The minimum absolute atomic E-state index is 0.180. The predicted octanol–water partition coefficient (Wildman–Crippen LogP) is 2.57. The molecule has 1 atom stereocenters. The zero-order chi connectivity index (χ0) is 12.0. The van der Waals surface area contributed by atoms with E-state index in [1.165, 1.54) is 32.1 Å². The van der Waals surface area contributed by atoms with E-state index in [4.69, 9.17) is 0 Å². The molecule has 0 heterocycles. The first kappa shape index (κ1) is 14.3. The number of rotatable bonds is 6. The summed E-state index contributed by atoms with van der Waals surface area (Å²) < 4.78 is 0. The minimum atomic E-state index is -0.180. The fraction of sp³-hybridized carbons (Fsp3) is 1.00. The van der Waals surface area contributed by atoms with Crippen LogP contribution in [0, 0.1) is 5.41 Å². The van der Waals surface area contributed by atoms with E-state index in [9.17, 15) is 5.11 Å². The lowest BCUT2D eigenvalue weighted by Crippen LogP contribution is -2.39. The molecule has 1 fully saturated rings. The molecule has 1 rings (SSSR count). The highest BCUT2D eigenvalue weighted by Crippen LogP contribution is 2.37. The number of thiol groups is 1. The van der Waals surface area contributed by atoms with Crippen LogP contribution in [-0.2, 0) is 0 Å². The fourth-order valence-corrected chi connectivity index (χ4v) is 3.14. The average molecular weight is 245 g/mol. The van der Waals surface area contributed by atoms with Crippen molar-refractivity contribution in [3.63, 3.8) is 0 Å². The van der Waals surface area contributed by atoms with Gasteiger partial charge in [-0.05, 0) is 44.4 Å². The van der Waals surface area contributed by atoms with Gasteiger partial charge >= 0.3 is 0 Å². The minimum Gasteiger partial charge on any atom is -0.393 e. The van der Waals surface area contributed by atoms with Crippen molar-refractivity contribution in [3.05, 3.63) is 0 Å². The molecule has 0 aromatic heterocycles. The Balaban J connectivity index is 2.36. The Morgan fingerprint density at radius 2 is 1.94 bits per heavy atom. The van der Waals surface area contributed by atoms with Crippen molar-refractivity contribution < 1.29 is 5.11 Å². The van der Waals surface area contributed by atoms with Crippen LogP contribution >= 0.6 is 12.6 Å². The van der Waals surface area contributed by atoms with Crippen molar-refractivity contribution in [2.45, 2.75) is 51.6 Å². The van der Waals surface area contributed by atoms with Gasteiger partial charge in [-0.25, -0.2) is 0 Å². The van der Waals surface area contributed by atoms with Gasteiger partial charge in [0.15, 0.2) is 0 Å². The van der Waals surface area contributed by atoms with Crippen LogP contribution in [0.25, 0.3) is 0 Å². The van der Waals surface area contributed by atoms with Gasteiger partial charge in [-0.2, -0.15) is 12.6 Å². The van der Waals surface area contributed by atoms with Gasteiger partial charge in [0.2, 0.25) is 0 Å². The molecule has 0 amide bonds. The largest absolute Gasteiger partial charge is 0.393 e. The maximum atomic E-state index is 9.29. The molecule has 0 spiro atoms. The molecule has 0 aromatic carbocycles. The van der Waals surface area contributed by atoms with Gasteiger partial charge in [-0.15, -0.1) is 0 Å². The fourth-order valence-electron chi connectivity index (χ4n) is 2.73. The van der Waals surface area contributed by atoms with Crippen LogP contribution in [0.3, 0.4) is 0 Å². The molecule has 0 saturated heterocycles. The van der Waals surface area contributed by atoms with Crippen molar-refractivity contribution in [3.8, 4) is 0 Å². The summed E-state index contributed by atoms with van der Waals surface area (Å²) in [6, 6.07) is 0. The number of hydrogen-bond donors (Lipinski definition) is 2. The Labute approximate surface area is 106 Å². The zero-order valence-electron chi connectivity index (χ0n) is 10.8. The molecule has 0 aliphatic heterocycles. The normalized spacial score (nSPS) is 22.3. The highest BCUT2D eigenvalue weighted by Gasteiger charge is 2.31. The maximum Gasteiger partial charge on any atom is 0.0524 e. The summed E-state index contributed by atoms with van der Waals surface area (Å²) >= 11 is 4.56. The summed E-state index contributed by atoms with van der Waals surface area (Å²) in [5.74, 6) is 1.01. The Hall–Kier alpha value is 0.270. The Morgan fingerprint density at radius 1 is 1.31 bits per heavy atom. The van der Waals surface area contributed by atoms with Crippen LogP contribution in [0.2, 0.25) is 0 Å². The third kappa shape index (κ3) is 4.64. The van der Waals surface area contributed by atoms with Gasteiger partial charge in [0.05, 0.1) is 6.10 Å². The lowest BCUT2D eigenvalue weighted by Gasteiger charge is -2.39. The summed E-state index contributed by atoms with van der Waals surface area (Å²) in [6.07, 6.45) is 7.48. The summed E-state index contributed by atoms with van der Waals surface area (Å²) in [4.78, 5) is 2.37. The lowest BCUT2D eigenvalue weighted by atomic mass is 9.75. The van der Waals surface area contributed by atoms with Gasteiger partial charge in [-0.3, -0.25) is 0 Å². The van der Waals surface area contributed by atoms with Crippen LogP contribution in [-0.4, -0.2) is 42.0 Å². The van der Waals surface area contributed by atoms with E-state index in [0.29, 0.717) is 5.41 Å². The van der Waals surface area contributed by atoms with Crippen LogP contribution in [0.15, 0.2) is 0 Å². The number of hydrogen-bond acceptors (Lipinski definition) is 3. The molecule has 16 heavy (non-hydrogen) atoms. The summed E-state index contributed by atoms with van der Waals surface area (Å²) in [7, 11) is 2.17. The molecular weight excluding hydrogens is 218 g/mol. The Kier molecular flexibility index (Phi) is 6.16. The van der Waals surface area contributed by atoms with Crippen molar-refractivity contribution in [2.75, 3.05) is 25.9 Å². The second kappa shape index (κ2) is 6.87. The lowest BCUT2D eigenvalue weighted by molar-refractivity contribution is 0.120. The van der Waals surface area contributed by atoms with E-state index in [2.05, 4.69) is 24.6 Å². The van der Waals surface area contributed by atoms with Gasteiger partial charge < -0.3 is 10.0 Å². The van der Waals surface area contributed by atoms with Crippen LogP contribution in [0.1, 0.15) is 45.4 Å². The standard InChI is InChI=1S/C13H27NOS/c1-12(15)6-9-14(2)10-13(11-16)7-4-3-5-8-13/h12,15-16H,3-11H2,1-2H3. The van der Waals surface area contributed by atoms with Crippen LogP contribution in [0.5, 0.6) is 0 Å². The van der Waals surface area contributed by atoms with E-state index < -0.39 is 0 Å². The number of nitrogens with zero attached hydrogens (tertiary/aromatic N) is 1. The van der Waals surface area contributed by atoms with Crippen LogP contribution in [0.4, 0.5) is 0 Å². The molecule has 1 saturated carbocycles. The molecule has 1 unspecified atom stereocenters. The molecule has 2 nitrogen and oxygen atoms in total. The predicted molar refractivity (Wildman–Crippen MR) is 73.2 cm³/mol. The van der Waals surface area contributed by atoms with E-state index in [1.54, 1.807) is 0 Å². The van der Waals surface area contributed by atoms with Crippen molar-refractivity contribution in [2.24, 2.45) is 5.41 Å². The highest BCUT2D eigenvalue weighted by molar-refractivity contribution is 7.80. The molecule has 3 heteroatoms. The molecule has 0 radical (unpaired) electrons. The van der Waals surface area contributed by atoms with E-state index in [-0.39, 0.29) is 6.10 Å². The molecular formula is C13H27NOS. The number of aliphatic hydroxyl groups is 1. The monoisotopic (exact) mass is 245 g/mol. The van der Waals surface area contributed by atoms with E-state index >= 15 is 0 Å². The topological polar surface area (TPSA) is 23.5 Å². The molecule has 1 aliphatic carbocycles. The maximum absolute atomic E-state index is 9.29. The third-order valence-corrected chi connectivity index (χ3v) is 4.45. The summed E-state index contributed by atoms with van der Waals surface area (Å²) in [6.45, 7) is 4.00. The van der Waals surface area contributed by atoms with Crippen LogP contribution < -0.4 is 0 Å². The first-order valence-electron chi connectivity index (χ1n) is 6.55. The second-order valence-corrected chi connectivity index (χ2v) is 5.91. The SMILES string of the molecule is CC(O)CCN(C)CC1(CS)CCCCC1. The quantitative estimate of drug-likeness (QED) is 0.703. The van der Waals surface area contributed by atoms with Crippen molar-refractivity contribution >= 4 is 12.6 Å². The molecule has 0 aromatic rings. The third-order valence-electron chi connectivity index (χ3n) is 3.78. The summed E-state index contributed by atoms with van der Waals surface area (Å²) in [5, 5.41) is 9.29. The van der Waals surface area contributed by atoms with Gasteiger partial charge in [0.1, 0.15) is 0 Å². The molecule has 1 N–H and O–H groups in total. The van der Waals surface area contributed by atoms with Crippen molar-refractivity contribution in [1.82, 2.24) is 4.90 Å². The number of aliphatic hydroxyl groups excluding tert-OH is 1. The van der Waals surface area contributed by atoms with Gasteiger partial charge in [0, 0.05) is 13.1 Å². The molecule has 96 valence electrons. The summed E-state index contributed by atoms with van der Waals surface area (Å²) in [5.41, 5.74) is 0.439. The first-order chi connectivity index (χ1) is 7.58. The first-order valence-corrected chi connectivity index (χ1v) is 7.19. The van der Waals surface area contributed by atoms with E-state index in [0.717, 1.165) is 25.3 Å². The van der Waals surface area contributed by atoms with Crippen molar-refractivity contribution in [1.29, 1.82) is 0 Å². The zero-order valence-corrected chi connectivity index (χ0v) is 11.7. The average Bonchev–Trinajstić information content (AvgIpc) is 2.28. The van der Waals surface area contributed by atoms with E-state index in [1.807, 2.05) is 6.92 Å². The Bertz CT molecular complexity index is 190. The second-order valence-electron chi connectivity index (χ2n) is 5.59. The Morgan fingerprint density at radius 3 is 2.44 bits per heavy atom. The molecule has 0 bridgehead atoms. The van der Waals surface area contributed by atoms with Gasteiger partial charge in [0.25, 0.3) is 0 Å². The highest BCUT2D eigenvalue weighted by atomic mass is 32.1.